The molecule has 2 aliphatic rings. The molecule has 1 saturated heterocycles. The summed E-state index contributed by atoms with van der Waals surface area (Å²) in [5.41, 5.74) is 2.02. The van der Waals surface area contributed by atoms with Gasteiger partial charge in [0.05, 0.1) is 25.2 Å². The van der Waals surface area contributed by atoms with Gasteiger partial charge in [-0.15, -0.1) is 0 Å². The molecule has 3 N–H and O–H groups in total. The summed E-state index contributed by atoms with van der Waals surface area (Å²) >= 11 is 0. The molecule has 0 radical (unpaired) electrons. The van der Waals surface area contributed by atoms with Crippen LogP contribution >= 0.6 is 0 Å². The lowest BCUT2D eigenvalue weighted by Crippen LogP contribution is -2.52. The Bertz CT molecular complexity index is 905. The molecule has 2 fully saturated rings. The average Bonchev–Trinajstić information content (AvgIpc) is 3.35. The number of hydrogen-bond acceptors (Lipinski definition) is 5. The third kappa shape index (κ3) is 4.79. The van der Waals surface area contributed by atoms with Crippen LogP contribution in [0.15, 0.2) is 54.6 Å². The number of carbonyl (C=O) groups excluding carboxylic acids is 2. The zero-order valence-electron chi connectivity index (χ0n) is 18.3. The Kier molecular flexibility index (Phi) is 7.07. The highest BCUT2D eigenvalue weighted by Gasteiger charge is 2.43. The zero-order valence-corrected chi connectivity index (χ0v) is 18.3. The standard InChI is InChI=1S/C25H31N3O4/c29-18-22(27-24(31)25(12-4-5-13-25)19-6-2-1-3-7-19)23(30)26-20-8-10-21(11-9-20)28-14-16-32-17-15-28/h1-3,6-11,22,29H,4-5,12-18H2,(H,26,30)(H,27,31)/t22-/m0/s1. The van der Waals surface area contributed by atoms with Gasteiger partial charge in [-0.25, -0.2) is 0 Å². The molecule has 4 rings (SSSR count). The maximum atomic E-state index is 13.3. The van der Waals surface area contributed by atoms with Crippen molar-refractivity contribution < 1.29 is 19.4 Å². The number of carbonyl (C=O) groups is 2. The van der Waals surface area contributed by atoms with Crippen LogP contribution in [0.1, 0.15) is 31.2 Å². The van der Waals surface area contributed by atoms with E-state index in [4.69, 9.17) is 4.74 Å². The molecule has 1 heterocycles. The number of anilines is 2. The predicted molar refractivity (Wildman–Crippen MR) is 124 cm³/mol. The highest BCUT2D eigenvalue weighted by atomic mass is 16.5. The third-order valence-electron chi connectivity index (χ3n) is 6.53. The van der Waals surface area contributed by atoms with Crippen molar-refractivity contribution in [3.63, 3.8) is 0 Å². The lowest BCUT2D eigenvalue weighted by molar-refractivity contribution is -0.131. The fraction of sp³-hybridized carbons (Fsp3) is 0.440. The van der Waals surface area contributed by atoms with E-state index >= 15 is 0 Å². The Morgan fingerprint density at radius 2 is 1.66 bits per heavy atom. The molecule has 7 nitrogen and oxygen atoms in total. The van der Waals surface area contributed by atoms with E-state index in [0.29, 0.717) is 18.9 Å². The normalized spacial score (nSPS) is 18.7. The molecular formula is C25H31N3O4. The van der Waals surface area contributed by atoms with Gasteiger partial charge in [-0.3, -0.25) is 9.59 Å². The van der Waals surface area contributed by atoms with Crippen LogP contribution in [-0.4, -0.2) is 55.9 Å². The van der Waals surface area contributed by atoms with Crippen LogP contribution in [0.2, 0.25) is 0 Å². The van der Waals surface area contributed by atoms with E-state index in [1.807, 2.05) is 54.6 Å². The van der Waals surface area contributed by atoms with Crippen molar-refractivity contribution >= 4 is 23.2 Å². The second-order valence-electron chi connectivity index (χ2n) is 8.50. The maximum absolute atomic E-state index is 13.3. The Morgan fingerprint density at radius 3 is 2.28 bits per heavy atom. The molecule has 1 saturated carbocycles. The van der Waals surface area contributed by atoms with Crippen LogP contribution in [0, 0.1) is 0 Å². The van der Waals surface area contributed by atoms with Crippen molar-refractivity contribution in [2.24, 2.45) is 0 Å². The first-order valence-electron chi connectivity index (χ1n) is 11.3. The minimum atomic E-state index is -1.01. The minimum Gasteiger partial charge on any atom is -0.394 e. The third-order valence-corrected chi connectivity index (χ3v) is 6.53. The highest BCUT2D eigenvalue weighted by Crippen LogP contribution is 2.41. The lowest BCUT2D eigenvalue weighted by Gasteiger charge is -2.30. The van der Waals surface area contributed by atoms with Crippen molar-refractivity contribution in [1.29, 1.82) is 0 Å². The van der Waals surface area contributed by atoms with Gasteiger partial charge < -0.3 is 25.4 Å². The van der Waals surface area contributed by atoms with Gasteiger partial charge in [0.15, 0.2) is 0 Å². The Hall–Kier alpha value is -2.90. The Morgan fingerprint density at radius 1 is 1.00 bits per heavy atom. The molecule has 170 valence electrons. The lowest BCUT2D eigenvalue weighted by atomic mass is 9.78. The van der Waals surface area contributed by atoms with Crippen LogP contribution in [0.4, 0.5) is 11.4 Å². The first-order chi connectivity index (χ1) is 15.6. The van der Waals surface area contributed by atoms with E-state index in [-0.39, 0.29) is 5.91 Å². The van der Waals surface area contributed by atoms with E-state index in [9.17, 15) is 14.7 Å². The predicted octanol–water partition coefficient (Wildman–Crippen LogP) is 2.45. The van der Waals surface area contributed by atoms with E-state index in [1.54, 1.807) is 0 Å². The van der Waals surface area contributed by atoms with Crippen molar-refractivity contribution in [3.8, 4) is 0 Å². The summed E-state index contributed by atoms with van der Waals surface area (Å²) in [6, 6.07) is 16.3. The molecule has 1 aliphatic carbocycles. The highest BCUT2D eigenvalue weighted by molar-refractivity contribution is 5.99. The fourth-order valence-electron chi connectivity index (χ4n) is 4.68. The van der Waals surface area contributed by atoms with E-state index in [0.717, 1.165) is 50.0 Å². The molecular weight excluding hydrogens is 406 g/mol. The second-order valence-corrected chi connectivity index (χ2v) is 8.50. The van der Waals surface area contributed by atoms with Crippen LogP contribution < -0.4 is 15.5 Å². The molecule has 7 heteroatoms. The first kappa shape index (κ1) is 22.3. The van der Waals surface area contributed by atoms with Gasteiger partial charge in [-0.05, 0) is 42.7 Å². The first-order valence-corrected chi connectivity index (χ1v) is 11.3. The smallest absolute Gasteiger partial charge is 0.249 e. The van der Waals surface area contributed by atoms with Crippen LogP contribution in [0.25, 0.3) is 0 Å². The summed E-state index contributed by atoms with van der Waals surface area (Å²) in [5, 5.41) is 15.5. The monoisotopic (exact) mass is 437 g/mol. The van der Waals surface area contributed by atoms with Gasteiger partial charge in [0.1, 0.15) is 6.04 Å². The number of aliphatic hydroxyl groups excluding tert-OH is 1. The Labute approximate surface area is 188 Å². The number of rotatable bonds is 7. The quantitative estimate of drug-likeness (QED) is 0.619. The van der Waals surface area contributed by atoms with Gasteiger partial charge >= 0.3 is 0 Å². The minimum absolute atomic E-state index is 0.196. The molecule has 0 spiro atoms. The van der Waals surface area contributed by atoms with Gasteiger partial charge in [0.25, 0.3) is 0 Å². The molecule has 32 heavy (non-hydrogen) atoms. The number of nitrogens with zero attached hydrogens (tertiary/aromatic N) is 1. The summed E-state index contributed by atoms with van der Waals surface area (Å²) in [6.07, 6.45) is 3.42. The topological polar surface area (TPSA) is 90.9 Å². The van der Waals surface area contributed by atoms with Gasteiger partial charge in [-0.2, -0.15) is 0 Å². The molecule has 1 aliphatic heterocycles. The summed E-state index contributed by atoms with van der Waals surface area (Å²) < 4.78 is 5.38. The van der Waals surface area contributed by atoms with Gasteiger partial charge in [0.2, 0.25) is 11.8 Å². The van der Waals surface area contributed by atoms with Gasteiger partial charge in [0, 0.05) is 24.5 Å². The SMILES string of the molecule is O=C(Nc1ccc(N2CCOCC2)cc1)[C@H](CO)NC(=O)C1(c2ccccc2)CCCC1. The number of hydrogen-bond donors (Lipinski definition) is 3. The van der Waals surface area contributed by atoms with Crippen LogP contribution in [0.5, 0.6) is 0 Å². The van der Waals surface area contributed by atoms with E-state index in [2.05, 4.69) is 15.5 Å². The average molecular weight is 438 g/mol. The number of morpholine rings is 1. The summed E-state index contributed by atoms with van der Waals surface area (Å²) in [6.45, 7) is 2.64. The number of amides is 2. The summed E-state index contributed by atoms with van der Waals surface area (Å²) in [5.74, 6) is -0.626. The molecule has 2 amide bonds. The van der Waals surface area contributed by atoms with Crippen LogP contribution in [-0.2, 0) is 19.7 Å². The largest absolute Gasteiger partial charge is 0.394 e. The number of ether oxygens (including phenoxy) is 1. The van der Waals surface area contributed by atoms with Crippen molar-refractivity contribution in [2.75, 3.05) is 43.1 Å². The number of nitrogens with one attached hydrogen (secondary N) is 2. The molecule has 1 atom stereocenters. The molecule has 0 aromatic heterocycles. The molecule has 2 aromatic rings. The second kappa shape index (κ2) is 10.1. The Balaban J connectivity index is 1.41. The van der Waals surface area contributed by atoms with Crippen molar-refractivity contribution in [3.05, 3.63) is 60.2 Å². The van der Waals surface area contributed by atoms with Crippen LogP contribution in [0.3, 0.4) is 0 Å². The fourth-order valence-corrected chi connectivity index (χ4v) is 4.68. The summed E-state index contributed by atoms with van der Waals surface area (Å²) in [7, 11) is 0. The van der Waals surface area contributed by atoms with E-state index in [1.165, 1.54) is 0 Å². The summed E-state index contributed by atoms with van der Waals surface area (Å²) in [4.78, 5) is 28.3. The zero-order chi connectivity index (χ0) is 22.4. The van der Waals surface area contributed by atoms with E-state index < -0.39 is 24.0 Å². The van der Waals surface area contributed by atoms with Gasteiger partial charge in [-0.1, -0.05) is 43.2 Å². The number of aliphatic hydroxyl groups is 1. The number of benzene rings is 2. The maximum Gasteiger partial charge on any atom is 0.249 e. The molecule has 2 aromatic carbocycles. The van der Waals surface area contributed by atoms with Crippen molar-refractivity contribution in [2.45, 2.75) is 37.1 Å². The van der Waals surface area contributed by atoms with Crippen molar-refractivity contribution in [1.82, 2.24) is 5.32 Å². The molecule has 0 unspecified atom stereocenters. The molecule has 0 bridgehead atoms.